The van der Waals surface area contributed by atoms with Gasteiger partial charge in [0.1, 0.15) is 5.75 Å². The summed E-state index contributed by atoms with van der Waals surface area (Å²) < 4.78 is 5.36. The maximum atomic E-state index is 13.0. The normalized spacial score (nSPS) is 22.1. The van der Waals surface area contributed by atoms with Gasteiger partial charge in [0.15, 0.2) is 0 Å². The molecule has 1 N–H and O–H groups in total. The number of carbonyl (C=O) groups is 1. The Morgan fingerprint density at radius 3 is 2.65 bits per heavy atom. The zero-order valence-electron chi connectivity index (χ0n) is 12.8. The van der Waals surface area contributed by atoms with E-state index in [1.54, 1.807) is 12.0 Å². The van der Waals surface area contributed by atoms with Crippen LogP contribution in [0.4, 0.5) is 5.69 Å². The van der Waals surface area contributed by atoms with Crippen LogP contribution in [0.15, 0.2) is 24.3 Å². The second kappa shape index (κ2) is 5.83. The Bertz CT molecular complexity index is 479. The number of rotatable bonds is 4. The molecule has 1 amide bonds. The number of hydrogen-bond acceptors (Lipinski definition) is 3. The molecule has 1 heterocycles. The van der Waals surface area contributed by atoms with Gasteiger partial charge >= 0.3 is 0 Å². The highest BCUT2D eigenvalue weighted by Gasteiger charge is 2.45. The van der Waals surface area contributed by atoms with E-state index in [4.69, 9.17) is 4.74 Å². The van der Waals surface area contributed by atoms with E-state index in [0.717, 1.165) is 30.9 Å². The summed E-state index contributed by atoms with van der Waals surface area (Å²) in [4.78, 5) is 14.7. The van der Waals surface area contributed by atoms with Crippen molar-refractivity contribution < 1.29 is 9.53 Å². The molecule has 2 rings (SSSR count). The monoisotopic (exact) mass is 276 g/mol. The smallest absolute Gasteiger partial charge is 0.234 e. The molecular formula is C16H24N2O2. The van der Waals surface area contributed by atoms with Crippen molar-refractivity contribution >= 4 is 11.6 Å². The highest BCUT2D eigenvalue weighted by atomic mass is 16.5. The van der Waals surface area contributed by atoms with Crippen molar-refractivity contribution in [2.45, 2.75) is 20.3 Å². The van der Waals surface area contributed by atoms with Gasteiger partial charge in [-0.1, -0.05) is 26.0 Å². The van der Waals surface area contributed by atoms with E-state index in [0.29, 0.717) is 5.92 Å². The Hall–Kier alpha value is -1.55. The van der Waals surface area contributed by atoms with Gasteiger partial charge in [-0.15, -0.1) is 0 Å². The van der Waals surface area contributed by atoms with Crippen LogP contribution in [0, 0.1) is 11.3 Å². The van der Waals surface area contributed by atoms with Crippen LogP contribution in [-0.2, 0) is 4.79 Å². The fraction of sp³-hybridized carbons (Fsp3) is 0.562. The first-order valence-corrected chi connectivity index (χ1v) is 7.15. The standard InChI is InChI=1S/C16H24N2O2/c1-12(2)16(9-10-17-11-16)15(19)18(3)13-7-5-6-8-14(13)20-4/h5-8,12,17H,9-11H2,1-4H3. The molecule has 20 heavy (non-hydrogen) atoms. The molecular weight excluding hydrogens is 252 g/mol. The van der Waals surface area contributed by atoms with Crippen molar-refractivity contribution in [3.05, 3.63) is 24.3 Å². The van der Waals surface area contributed by atoms with Crippen molar-refractivity contribution in [1.29, 1.82) is 0 Å². The molecule has 4 heteroatoms. The maximum absolute atomic E-state index is 13.0. The van der Waals surface area contributed by atoms with Crippen molar-refractivity contribution in [2.75, 3.05) is 32.1 Å². The third-order valence-electron chi connectivity index (χ3n) is 4.47. The summed E-state index contributed by atoms with van der Waals surface area (Å²) in [6.45, 7) is 5.91. The summed E-state index contributed by atoms with van der Waals surface area (Å²) in [6, 6.07) is 7.65. The number of benzene rings is 1. The number of carbonyl (C=O) groups excluding carboxylic acids is 1. The minimum atomic E-state index is -0.310. The summed E-state index contributed by atoms with van der Waals surface area (Å²) in [7, 11) is 3.47. The van der Waals surface area contributed by atoms with Gasteiger partial charge in [0.05, 0.1) is 18.2 Å². The number of anilines is 1. The second-order valence-corrected chi connectivity index (χ2v) is 5.77. The molecule has 110 valence electrons. The van der Waals surface area contributed by atoms with Gasteiger partial charge in [-0.05, 0) is 31.0 Å². The number of ether oxygens (including phenoxy) is 1. The molecule has 0 spiro atoms. The van der Waals surface area contributed by atoms with Crippen molar-refractivity contribution in [3.63, 3.8) is 0 Å². The van der Waals surface area contributed by atoms with E-state index in [9.17, 15) is 4.79 Å². The van der Waals surface area contributed by atoms with Gasteiger partial charge in [0.2, 0.25) is 5.91 Å². The molecule has 1 aliphatic rings. The van der Waals surface area contributed by atoms with E-state index >= 15 is 0 Å². The summed E-state index contributed by atoms with van der Waals surface area (Å²) in [5.74, 6) is 1.21. The molecule has 1 unspecified atom stereocenters. The topological polar surface area (TPSA) is 41.6 Å². The Morgan fingerprint density at radius 1 is 1.40 bits per heavy atom. The van der Waals surface area contributed by atoms with Crippen LogP contribution < -0.4 is 15.0 Å². The van der Waals surface area contributed by atoms with Gasteiger partial charge in [0.25, 0.3) is 0 Å². The molecule has 1 aromatic rings. The predicted molar refractivity (Wildman–Crippen MR) is 81.2 cm³/mol. The van der Waals surface area contributed by atoms with Gasteiger partial charge in [0, 0.05) is 13.6 Å². The first-order valence-electron chi connectivity index (χ1n) is 7.15. The van der Waals surface area contributed by atoms with E-state index in [1.165, 1.54) is 0 Å². The lowest BCUT2D eigenvalue weighted by Gasteiger charge is -2.35. The summed E-state index contributed by atoms with van der Waals surface area (Å²) in [6.07, 6.45) is 0.892. The molecule has 4 nitrogen and oxygen atoms in total. The summed E-state index contributed by atoms with van der Waals surface area (Å²) >= 11 is 0. The quantitative estimate of drug-likeness (QED) is 0.917. The fourth-order valence-corrected chi connectivity index (χ4v) is 2.98. The Kier molecular flexibility index (Phi) is 4.33. The lowest BCUT2D eigenvalue weighted by molar-refractivity contribution is -0.129. The van der Waals surface area contributed by atoms with Crippen LogP contribution in [0.5, 0.6) is 5.75 Å². The van der Waals surface area contributed by atoms with Crippen LogP contribution in [-0.4, -0.2) is 33.2 Å². The van der Waals surface area contributed by atoms with Crippen LogP contribution >= 0.6 is 0 Å². The summed E-state index contributed by atoms with van der Waals surface area (Å²) in [5.41, 5.74) is 0.516. The SMILES string of the molecule is COc1ccccc1N(C)C(=O)C1(C(C)C)CCNC1. The minimum absolute atomic E-state index is 0.169. The van der Waals surface area contributed by atoms with E-state index in [2.05, 4.69) is 19.2 Å². The first-order chi connectivity index (χ1) is 9.53. The van der Waals surface area contributed by atoms with Crippen molar-refractivity contribution in [2.24, 2.45) is 11.3 Å². The lowest BCUT2D eigenvalue weighted by Crippen LogP contribution is -2.47. The van der Waals surface area contributed by atoms with E-state index < -0.39 is 0 Å². The zero-order chi connectivity index (χ0) is 14.8. The van der Waals surface area contributed by atoms with Crippen LogP contribution in [0.3, 0.4) is 0 Å². The molecule has 0 saturated carbocycles. The van der Waals surface area contributed by atoms with Crippen LogP contribution in [0.1, 0.15) is 20.3 Å². The van der Waals surface area contributed by atoms with Gasteiger partial charge in [-0.3, -0.25) is 4.79 Å². The summed E-state index contributed by atoms with van der Waals surface area (Å²) in [5, 5.41) is 3.33. The highest BCUT2D eigenvalue weighted by molar-refractivity contribution is 5.99. The fourth-order valence-electron chi connectivity index (χ4n) is 2.98. The molecule has 1 aromatic carbocycles. The largest absolute Gasteiger partial charge is 0.495 e. The average molecular weight is 276 g/mol. The number of methoxy groups -OCH3 is 1. The number of amides is 1. The maximum Gasteiger partial charge on any atom is 0.234 e. The Labute approximate surface area is 121 Å². The first kappa shape index (κ1) is 14.9. The third kappa shape index (κ3) is 2.40. The molecule has 0 aromatic heterocycles. The second-order valence-electron chi connectivity index (χ2n) is 5.77. The zero-order valence-corrected chi connectivity index (χ0v) is 12.8. The van der Waals surface area contributed by atoms with Crippen LogP contribution in [0.25, 0.3) is 0 Å². The van der Waals surface area contributed by atoms with E-state index in [1.807, 2.05) is 31.3 Å². The number of para-hydroxylation sites is 2. The molecule has 1 saturated heterocycles. The molecule has 1 fully saturated rings. The molecule has 1 atom stereocenters. The number of hydrogen-bond donors (Lipinski definition) is 1. The van der Waals surface area contributed by atoms with E-state index in [-0.39, 0.29) is 11.3 Å². The molecule has 0 bridgehead atoms. The molecule has 1 aliphatic heterocycles. The third-order valence-corrected chi connectivity index (χ3v) is 4.47. The number of nitrogens with one attached hydrogen (secondary N) is 1. The minimum Gasteiger partial charge on any atom is -0.495 e. The highest BCUT2D eigenvalue weighted by Crippen LogP contribution is 2.38. The van der Waals surface area contributed by atoms with Crippen molar-refractivity contribution in [3.8, 4) is 5.75 Å². The Morgan fingerprint density at radius 2 is 2.10 bits per heavy atom. The molecule has 0 radical (unpaired) electrons. The number of nitrogens with zero attached hydrogens (tertiary/aromatic N) is 1. The molecule has 0 aliphatic carbocycles. The van der Waals surface area contributed by atoms with Gasteiger partial charge in [-0.25, -0.2) is 0 Å². The van der Waals surface area contributed by atoms with Gasteiger partial charge in [-0.2, -0.15) is 0 Å². The Balaban J connectivity index is 2.32. The average Bonchev–Trinajstić information content (AvgIpc) is 2.96. The van der Waals surface area contributed by atoms with Gasteiger partial charge < -0.3 is 15.0 Å². The lowest BCUT2D eigenvalue weighted by atomic mass is 9.75. The van der Waals surface area contributed by atoms with Crippen LogP contribution in [0.2, 0.25) is 0 Å². The van der Waals surface area contributed by atoms with Crippen molar-refractivity contribution in [1.82, 2.24) is 5.32 Å². The predicted octanol–water partition coefficient (Wildman–Crippen LogP) is 2.29.